The van der Waals surface area contributed by atoms with E-state index in [9.17, 15) is 9.59 Å². The van der Waals surface area contributed by atoms with Crippen LogP contribution in [0.25, 0.3) is 0 Å². The maximum absolute atomic E-state index is 11.8. The topological polar surface area (TPSA) is 61.8 Å². The summed E-state index contributed by atoms with van der Waals surface area (Å²) < 4.78 is 5.09. The maximum atomic E-state index is 11.8. The van der Waals surface area contributed by atoms with Gasteiger partial charge in [0.25, 0.3) is 0 Å². The summed E-state index contributed by atoms with van der Waals surface area (Å²) in [5.41, 5.74) is 0.588. The van der Waals surface area contributed by atoms with E-state index in [1.807, 2.05) is 13.8 Å². The molecule has 0 unspecified atom stereocenters. The normalized spacial score (nSPS) is 10.2. The number of ether oxygens (including phenoxy) is 1. The molecule has 0 fully saturated rings. The molecule has 0 spiro atoms. The Morgan fingerprint density at radius 3 is 2.24 bits per heavy atom. The van der Waals surface area contributed by atoms with Crippen LogP contribution in [0, 0.1) is 0 Å². The number of hydrogen-bond acceptors (Lipinski definition) is 5. The summed E-state index contributed by atoms with van der Waals surface area (Å²) in [5, 5.41) is 0. The van der Waals surface area contributed by atoms with Crippen molar-refractivity contribution in [1.82, 2.24) is 0 Å². The van der Waals surface area contributed by atoms with Crippen molar-refractivity contribution in [2.24, 2.45) is 0 Å². The van der Waals surface area contributed by atoms with Gasteiger partial charge in [-0.25, -0.2) is 9.59 Å². The van der Waals surface area contributed by atoms with Crippen LogP contribution < -0.4 is 0 Å². The molecule has 0 saturated carbocycles. The summed E-state index contributed by atoms with van der Waals surface area (Å²) in [6.07, 6.45) is 3.54. The Morgan fingerprint density at radius 1 is 0.952 bits per heavy atom. The van der Waals surface area contributed by atoms with E-state index < -0.39 is 11.9 Å². The lowest BCUT2D eigenvalue weighted by atomic mass is 10.1. The highest BCUT2D eigenvalue weighted by atomic mass is 17.2. The van der Waals surface area contributed by atoms with Gasteiger partial charge in [0.2, 0.25) is 0 Å². The highest BCUT2D eigenvalue weighted by molar-refractivity contribution is 5.95. The molecule has 0 aromatic heterocycles. The van der Waals surface area contributed by atoms with Crippen LogP contribution in [-0.4, -0.2) is 25.2 Å². The fourth-order valence-electron chi connectivity index (χ4n) is 1.51. The number of rotatable bonds is 9. The molecule has 1 aromatic carbocycles. The first-order chi connectivity index (χ1) is 10.2. The van der Waals surface area contributed by atoms with Crippen molar-refractivity contribution in [2.75, 3.05) is 13.2 Å². The lowest BCUT2D eigenvalue weighted by Crippen LogP contribution is -2.10. The molecular weight excluding hydrogens is 272 g/mol. The number of carbonyl (C=O) groups is 2. The van der Waals surface area contributed by atoms with Crippen molar-refractivity contribution in [3.63, 3.8) is 0 Å². The monoisotopic (exact) mass is 294 g/mol. The molecule has 0 aliphatic carbocycles. The van der Waals surface area contributed by atoms with Crippen molar-refractivity contribution >= 4 is 11.9 Å². The molecule has 1 aromatic rings. The Morgan fingerprint density at radius 2 is 1.57 bits per heavy atom. The molecule has 0 saturated heterocycles. The maximum Gasteiger partial charge on any atom is 0.373 e. The molecule has 0 N–H and O–H groups in total. The van der Waals surface area contributed by atoms with Crippen LogP contribution in [0.2, 0.25) is 0 Å². The average molecular weight is 294 g/mol. The predicted octanol–water partition coefficient (Wildman–Crippen LogP) is 3.53. The molecule has 0 radical (unpaired) electrons. The SMILES string of the molecule is CCCCOOC(=O)c1cccc(C(=O)OCCCC)c1. The van der Waals surface area contributed by atoms with E-state index in [1.165, 1.54) is 6.07 Å². The average Bonchev–Trinajstić information content (AvgIpc) is 2.51. The third-order valence-corrected chi connectivity index (χ3v) is 2.78. The quantitative estimate of drug-likeness (QED) is 0.302. The zero-order valence-corrected chi connectivity index (χ0v) is 12.6. The number of benzene rings is 1. The van der Waals surface area contributed by atoms with E-state index in [1.54, 1.807) is 18.2 Å². The molecule has 21 heavy (non-hydrogen) atoms. The zero-order chi connectivity index (χ0) is 15.5. The second-order valence-electron chi connectivity index (χ2n) is 4.62. The van der Waals surface area contributed by atoms with Gasteiger partial charge in [0.05, 0.1) is 24.3 Å². The molecule has 0 bridgehead atoms. The van der Waals surface area contributed by atoms with Crippen molar-refractivity contribution < 1.29 is 24.1 Å². The fourth-order valence-corrected chi connectivity index (χ4v) is 1.51. The molecule has 0 amide bonds. The lowest BCUT2D eigenvalue weighted by Gasteiger charge is -2.06. The highest BCUT2D eigenvalue weighted by Gasteiger charge is 2.13. The van der Waals surface area contributed by atoms with Gasteiger partial charge in [0, 0.05) is 0 Å². The summed E-state index contributed by atoms with van der Waals surface area (Å²) in [7, 11) is 0. The number of carbonyl (C=O) groups excluding carboxylic acids is 2. The fraction of sp³-hybridized carbons (Fsp3) is 0.500. The van der Waals surface area contributed by atoms with Gasteiger partial charge in [-0.15, -0.1) is 0 Å². The van der Waals surface area contributed by atoms with Gasteiger partial charge < -0.3 is 4.74 Å². The van der Waals surface area contributed by atoms with E-state index in [4.69, 9.17) is 9.62 Å². The first-order valence-corrected chi connectivity index (χ1v) is 7.30. The van der Waals surface area contributed by atoms with Crippen molar-refractivity contribution in [2.45, 2.75) is 39.5 Å². The van der Waals surface area contributed by atoms with Crippen LogP contribution in [0.1, 0.15) is 60.2 Å². The Bertz CT molecular complexity index is 456. The molecule has 116 valence electrons. The second kappa shape index (κ2) is 9.94. The summed E-state index contributed by atoms with van der Waals surface area (Å²) in [6, 6.07) is 6.22. The summed E-state index contributed by atoms with van der Waals surface area (Å²) in [4.78, 5) is 33.0. The molecule has 0 aliphatic heterocycles. The molecule has 1 rings (SSSR count). The van der Waals surface area contributed by atoms with Crippen LogP contribution in [0.4, 0.5) is 0 Å². The summed E-state index contributed by atoms with van der Waals surface area (Å²) in [6.45, 7) is 4.77. The molecule has 0 aliphatic rings. The first-order valence-electron chi connectivity index (χ1n) is 7.30. The van der Waals surface area contributed by atoms with Gasteiger partial charge in [-0.3, -0.25) is 4.89 Å². The van der Waals surface area contributed by atoms with E-state index in [0.717, 1.165) is 25.7 Å². The van der Waals surface area contributed by atoms with Crippen LogP contribution in [-0.2, 0) is 14.5 Å². The van der Waals surface area contributed by atoms with Crippen LogP contribution in [0.3, 0.4) is 0 Å². The summed E-state index contributed by atoms with van der Waals surface area (Å²) in [5.74, 6) is -1.06. The third kappa shape index (κ3) is 6.40. The molecule has 5 nitrogen and oxygen atoms in total. The van der Waals surface area contributed by atoms with Crippen molar-refractivity contribution in [3.8, 4) is 0 Å². The summed E-state index contributed by atoms with van der Waals surface area (Å²) >= 11 is 0. The zero-order valence-electron chi connectivity index (χ0n) is 12.6. The smallest absolute Gasteiger partial charge is 0.373 e. The molecular formula is C16H22O5. The lowest BCUT2D eigenvalue weighted by molar-refractivity contribution is -0.241. The molecule has 5 heteroatoms. The van der Waals surface area contributed by atoms with E-state index >= 15 is 0 Å². The minimum absolute atomic E-state index is 0.261. The van der Waals surface area contributed by atoms with Crippen molar-refractivity contribution in [3.05, 3.63) is 35.4 Å². The number of unbranched alkanes of at least 4 members (excludes halogenated alkanes) is 2. The van der Waals surface area contributed by atoms with E-state index in [2.05, 4.69) is 4.89 Å². The minimum atomic E-state index is -0.616. The van der Waals surface area contributed by atoms with Gasteiger partial charge in [-0.1, -0.05) is 32.8 Å². The van der Waals surface area contributed by atoms with Gasteiger partial charge in [-0.2, -0.15) is 4.89 Å². The number of hydrogen-bond donors (Lipinski definition) is 0. The van der Waals surface area contributed by atoms with E-state index in [0.29, 0.717) is 18.8 Å². The Kier molecular flexibility index (Phi) is 8.12. The largest absolute Gasteiger partial charge is 0.462 e. The molecule has 0 heterocycles. The standard InChI is InChI=1S/C16H22O5/c1-3-5-10-19-15(17)13-8-7-9-14(12-13)16(18)21-20-11-6-4-2/h7-9,12H,3-6,10-11H2,1-2H3. The molecule has 0 atom stereocenters. The number of esters is 1. The Labute approximate surface area is 125 Å². The van der Waals surface area contributed by atoms with Gasteiger partial charge in [0.15, 0.2) is 0 Å². The highest BCUT2D eigenvalue weighted by Crippen LogP contribution is 2.09. The Balaban J connectivity index is 2.54. The van der Waals surface area contributed by atoms with Crippen molar-refractivity contribution in [1.29, 1.82) is 0 Å². The third-order valence-electron chi connectivity index (χ3n) is 2.78. The van der Waals surface area contributed by atoms with E-state index in [-0.39, 0.29) is 5.56 Å². The first kappa shape index (κ1) is 17.2. The van der Waals surface area contributed by atoms with Gasteiger partial charge >= 0.3 is 11.9 Å². The Hall–Kier alpha value is -1.88. The predicted molar refractivity (Wildman–Crippen MR) is 77.9 cm³/mol. The van der Waals surface area contributed by atoms with Crippen LogP contribution in [0.15, 0.2) is 24.3 Å². The van der Waals surface area contributed by atoms with Crippen LogP contribution in [0.5, 0.6) is 0 Å². The van der Waals surface area contributed by atoms with Gasteiger partial charge in [0.1, 0.15) is 0 Å². The minimum Gasteiger partial charge on any atom is -0.462 e. The second-order valence-corrected chi connectivity index (χ2v) is 4.62. The van der Waals surface area contributed by atoms with Crippen LogP contribution >= 0.6 is 0 Å². The van der Waals surface area contributed by atoms with Gasteiger partial charge in [-0.05, 0) is 31.0 Å².